The summed E-state index contributed by atoms with van der Waals surface area (Å²) in [6.07, 6.45) is 1.63. The maximum Gasteiger partial charge on any atom is 0.255 e. The summed E-state index contributed by atoms with van der Waals surface area (Å²) in [4.78, 5) is 12.4. The predicted octanol–water partition coefficient (Wildman–Crippen LogP) is 2.35. The lowest BCUT2D eigenvalue weighted by Gasteiger charge is -2.27. The Morgan fingerprint density at radius 2 is 1.86 bits per heavy atom. The third-order valence-corrected chi connectivity index (χ3v) is 3.83. The maximum atomic E-state index is 12.4. The van der Waals surface area contributed by atoms with Crippen molar-refractivity contribution < 1.29 is 14.3 Å². The minimum Gasteiger partial charge on any atom is -0.490 e. The van der Waals surface area contributed by atoms with Crippen molar-refractivity contribution in [2.75, 3.05) is 26.4 Å². The zero-order valence-electron chi connectivity index (χ0n) is 13.9. The van der Waals surface area contributed by atoms with Crippen molar-refractivity contribution in [1.82, 2.24) is 5.32 Å². The molecule has 0 heterocycles. The first kappa shape index (κ1) is 18.5. The Balaban J connectivity index is 2.64. The monoisotopic (exact) mass is 308 g/mol. The molecule has 0 unspecified atom stereocenters. The van der Waals surface area contributed by atoms with Crippen LogP contribution in [0.4, 0.5) is 0 Å². The fraction of sp³-hybridized carbons (Fsp3) is 0.588. The van der Waals surface area contributed by atoms with Gasteiger partial charge in [-0.05, 0) is 31.9 Å². The first-order valence-electron chi connectivity index (χ1n) is 7.93. The van der Waals surface area contributed by atoms with Gasteiger partial charge >= 0.3 is 0 Å². The molecule has 1 aromatic rings. The lowest BCUT2D eigenvalue weighted by atomic mass is 9.94. The molecule has 124 valence electrons. The third-order valence-electron chi connectivity index (χ3n) is 3.83. The molecule has 0 saturated carbocycles. The highest BCUT2D eigenvalue weighted by Crippen LogP contribution is 2.18. The number of amides is 1. The van der Waals surface area contributed by atoms with Gasteiger partial charge in [0.05, 0.1) is 12.2 Å². The van der Waals surface area contributed by atoms with Gasteiger partial charge in [0, 0.05) is 18.7 Å². The van der Waals surface area contributed by atoms with Crippen molar-refractivity contribution in [1.29, 1.82) is 0 Å². The number of carbonyl (C=O) groups excluding carboxylic acids is 1. The normalized spacial score (nSPS) is 11.3. The fourth-order valence-electron chi connectivity index (χ4n) is 1.99. The third kappa shape index (κ3) is 5.66. The van der Waals surface area contributed by atoms with Crippen LogP contribution < -0.4 is 15.8 Å². The molecule has 1 rings (SSSR count). The van der Waals surface area contributed by atoms with E-state index >= 15 is 0 Å². The van der Waals surface area contributed by atoms with E-state index in [1.54, 1.807) is 12.1 Å². The van der Waals surface area contributed by atoms with Crippen molar-refractivity contribution >= 4 is 5.91 Å². The van der Waals surface area contributed by atoms with Crippen molar-refractivity contribution in [2.24, 2.45) is 5.73 Å². The predicted molar refractivity (Wildman–Crippen MR) is 88.3 cm³/mol. The topological polar surface area (TPSA) is 73.6 Å². The molecule has 3 N–H and O–H groups in total. The molecule has 0 aliphatic heterocycles. The molecule has 5 heteroatoms. The Kier molecular flexibility index (Phi) is 7.91. The molecule has 0 aromatic heterocycles. The molecular formula is C17H28N2O3. The van der Waals surface area contributed by atoms with Crippen LogP contribution in [0.3, 0.4) is 0 Å². The average molecular weight is 308 g/mol. The molecule has 0 bridgehead atoms. The highest BCUT2D eigenvalue weighted by atomic mass is 16.5. The van der Waals surface area contributed by atoms with Gasteiger partial charge in [0.1, 0.15) is 12.4 Å². The van der Waals surface area contributed by atoms with Crippen molar-refractivity contribution in [2.45, 2.75) is 39.2 Å². The van der Waals surface area contributed by atoms with Crippen molar-refractivity contribution in [3.63, 3.8) is 0 Å². The van der Waals surface area contributed by atoms with Crippen LogP contribution >= 0.6 is 0 Å². The smallest absolute Gasteiger partial charge is 0.255 e. The van der Waals surface area contributed by atoms with E-state index in [0.717, 1.165) is 12.8 Å². The van der Waals surface area contributed by atoms with Gasteiger partial charge in [0.15, 0.2) is 0 Å². The fourth-order valence-corrected chi connectivity index (χ4v) is 1.99. The Labute approximate surface area is 133 Å². The van der Waals surface area contributed by atoms with E-state index < -0.39 is 0 Å². The van der Waals surface area contributed by atoms with Gasteiger partial charge in [-0.1, -0.05) is 26.0 Å². The number of hydrogen-bond acceptors (Lipinski definition) is 4. The van der Waals surface area contributed by atoms with E-state index in [9.17, 15) is 4.79 Å². The molecule has 0 spiro atoms. The molecule has 1 aromatic carbocycles. The van der Waals surface area contributed by atoms with Crippen molar-refractivity contribution in [3.8, 4) is 5.75 Å². The SMILES string of the molecule is CCOCCOc1ccccc1C(=O)NCC(N)(CC)CC. The van der Waals surface area contributed by atoms with Crippen LogP contribution in [0.25, 0.3) is 0 Å². The second-order valence-corrected chi connectivity index (χ2v) is 5.29. The molecule has 22 heavy (non-hydrogen) atoms. The van der Waals surface area contributed by atoms with E-state index in [0.29, 0.717) is 37.7 Å². The zero-order chi connectivity index (χ0) is 16.4. The van der Waals surface area contributed by atoms with Crippen LogP contribution in [-0.4, -0.2) is 37.8 Å². The molecule has 0 aliphatic rings. The number of hydrogen-bond donors (Lipinski definition) is 2. The molecule has 0 aliphatic carbocycles. The van der Waals surface area contributed by atoms with Crippen LogP contribution in [0, 0.1) is 0 Å². The van der Waals surface area contributed by atoms with Crippen LogP contribution in [0.5, 0.6) is 5.75 Å². The van der Waals surface area contributed by atoms with Gasteiger partial charge in [-0.3, -0.25) is 4.79 Å². The van der Waals surface area contributed by atoms with Gasteiger partial charge in [0.2, 0.25) is 0 Å². The van der Waals surface area contributed by atoms with Crippen LogP contribution in [0.2, 0.25) is 0 Å². The summed E-state index contributed by atoms with van der Waals surface area (Å²) >= 11 is 0. The van der Waals surface area contributed by atoms with Crippen LogP contribution in [-0.2, 0) is 4.74 Å². The summed E-state index contributed by atoms with van der Waals surface area (Å²) in [6.45, 7) is 8.01. The van der Waals surface area contributed by atoms with E-state index in [2.05, 4.69) is 5.32 Å². The molecule has 0 fully saturated rings. The number of rotatable bonds is 10. The first-order chi connectivity index (χ1) is 10.6. The number of carbonyl (C=O) groups is 1. The Morgan fingerprint density at radius 1 is 1.18 bits per heavy atom. The lowest BCUT2D eigenvalue weighted by molar-refractivity contribution is 0.0926. The van der Waals surface area contributed by atoms with E-state index in [4.69, 9.17) is 15.2 Å². The Bertz CT molecular complexity index is 459. The van der Waals surface area contributed by atoms with Crippen LogP contribution in [0.1, 0.15) is 44.0 Å². The first-order valence-corrected chi connectivity index (χ1v) is 7.93. The largest absolute Gasteiger partial charge is 0.490 e. The average Bonchev–Trinajstić information content (AvgIpc) is 2.56. The maximum absolute atomic E-state index is 12.4. The molecule has 0 saturated heterocycles. The lowest BCUT2D eigenvalue weighted by Crippen LogP contribution is -2.49. The van der Waals surface area contributed by atoms with Gasteiger partial charge in [-0.15, -0.1) is 0 Å². The van der Waals surface area contributed by atoms with Gasteiger partial charge < -0.3 is 20.5 Å². The molecule has 0 atom stereocenters. The number of nitrogens with two attached hydrogens (primary N) is 1. The highest BCUT2D eigenvalue weighted by molar-refractivity contribution is 5.96. The van der Waals surface area contributed by atoms with Gasteiger partial charge in [0.25, 0.3) is 5.91 Å². The zero-order valence-corrected chi connectivity index (χ0v) is 13.9. The van der Waals surface area contributed by atoms with Gasteiger partial charge in [-0.2, -0.15) is 0 Å². The number of ether oxygens (including phenoxy) is 2. The van der Waals surface area contributed by atoms with E-state index in [1.807, 2.05) is 32.9 Å². The molecular weight excluding hydrogens is 280 g/mol. The Hall–Kier alpha value is -1.59. The molecule has 1 amide bonds. The standard InChI is InChI=1S/C17H28N2O3/c1-4-17(18,5-2)13-19-16(20)14-9-7-8-10-15(14)22-12-11-21-6-3/h7-10H,4-6,11-13,18H2,1-3H3,(H,19,20). The minimum atomic E-state index is -0.361. The van der Waals surface area contributed by atoms with E-state index in [-0.39, 0.29) is 11.4 Å². The van der Waals surface area contributed by atoms with Crippen molar-refractivity contribution in [3.05, 3.63) is 29.8 Å². The quantitative estimate of drug-likeness (QED) is 0.651. The second-order valence-electron chi connectivity index (χ2n) is 5.29. The van der Waals surface area contributed by atoms with Crippen LogP contribution in [0.15, 0.2) is 24.3 Å². The molecule has 0 radical (unpaired) electrons. The summed E-state index contributed by atoms with van der Waals surface area (Å²) < 4.78 is 10.9. The number of benzene rings is 1. The summed E-state index contributed by atoms with van der Waals surface area (Å²) in [7, 11) is 0. The second kappa shape index (κ2) is 9.43. The minimum absolute atomic E-state index is 0.163. The summed E-state index contributed by atoms with van der Waals surface area (Å²) in [5.74, 6) is 0.402. The van der Waals surface area contributed by atoms with E-state index in [1.165, 1.54) is 0 Å². The molecule has 5 nitrogen and oxygen atoms in total. The summed E-state index contributed by atoms with van der Waals surface area (Å²) in [5.41, 5.74) is 6.37. The Morgan fingerprint density at radius 3 is 2.50 bits per heavy atom. The number of para-hydroxylation sites is 1. The van der Waals surface area contributed by atoms with Gasteiger partial charge in [-0.25, -0.2) is 0 Å². The number of nitrogens with one attached hydrogen (secondary N) is 1. The summed E-state index contributed by atoms with van der Waals surface area (Å²) in [6, 6.07) is 7.20. The summed E-state index contributed by atoms with van der Waals surface area (Å²) in [5, 5.41) is 2.91. The highest BCUT2D eigenvalue weighted by Gasteiger charge is 2.22.